The Balaban J connectivity index is 2.25. The number of carbonyl (C=O) groups is 2. The number of hydrogen-bond donors (Lipinski definition) is 2. The lowest BCUT2D eigenvalue weighted by Gasteiger charge is -2.05. The summed E-state index contributed by atoms with van der Waals surface area (Å²) in [7, 11) is 0. The number of carboxylic acid groups (broad SMARTS) is 1. The fourth-order valence-corrected chi connectivity index (χ4v) is 1.99. The van der Waals surface area contributed by atoms with Gasteiger partial charge in [0.05, 0.1) is 6.26 Å². The van der Waals surface area contributed by atoms with Crippen molar-refractivity contribution in [2.75, 3.05) is 5.32 Å². The van der Waals surface area contributed by atoms with E-state index in [1.165, 1.54) is 24.3 Å². The second-order valence-electron chi connectivity index (χ2n) is 3.58. The maximum absolute atomic E-state index is 11.9. The van der Waals surface area contributed by atoms with E-state index in [2.05, 4.69) is 5.32 Å². The van der Waals surface area contributed by atoms with Crippen molar-refractivity contribution in [1.29, 1.82) is 0 Å². The zero-order valence-electron chi connectivity index (χ0n) is 9.31. The first-order valence-electron chi connectivity index (χ1n) is 5.05. The van der Waals surface area contributed by atoms with E-state index in [0.717, 1.165) is 6.26 Å². The average molecular weight is 300 g/mol. The molecule has 1 heterocycles. The van der Waals surface area contributed by atoms with Crippen LogP contribution in [0.3, 0.4) is 0 Å². The molecule has 0 aliphatic carbocycles. The molecule has 1 aromatic heterocycles. The fraction of sp³-hybridized carbons (Fsp3) is 0. The minimum Gasteiger partial charge on any atom is -0.478 e. The molecule has 0 spiro atoms. The van der Waals surface area contributed by atoms with Crippen LogP contribution >= 0.6 is 23.2 Å². The number of aromatic carboxylic acids is 1. The summed E-state index contributed by atoms with van der Waals surface area (Å²) < 4.78 is 4.86. The molecule has 2 aromatic rings. The summed E-state index contributed by atoms with van der Waals surface area (Å²) in [5, 5.41) is 12.0. The van der Waals surface area contributed by atoms with Gasteiger partial charge in [0, 0.05) is 15.7 Å². The van der Waals surface area contributed by atoms with Gasteiger partial charge in [-0.25, -0.2) is 4.79 Å². The maximum Gasteiger partial charge on any atom is 0.339 e. The van der Waals surface area contributed by atoms with Crippen LogP contribution < -0.4 is 5.32 Å². The number of benzene rings is 1. The molecule has 5 nitrogen and oxygen atoms in total. The van der Waals surface area contributed by atoms with Gasteiger partial charge in [-0.2, -0.15) is 0 Å². The molecule has 7 heteroatoms. The van der Waals surface area contributed by atoms with Gasteiger partial charge in [-0.1, -0.05) is 23.2 Å². The highest BCUT2D eigenvalue weighted by atomic mass is 35.5. The predicted molar refractivity (Wildman–Crippen MR) is 70.1 cm³/mol. The van der Waals surface area contributed by atoms with E-state index in [4.69, 9.17) is 32.7 Å². The number of furan rings is 1. The maximum atomic E-state index is 11.9. The largest absolute Gasteiger partial charge is 0.478 e. The van der Waals surface area contributed by atoms with Crippen molar-refractivity contribution in [3.63, 3.8) is 0 Å². The molecule has 19 heavy (non-hydrogen) atoms. The second kappa shape index (κ2) is 5.34. The van der Waals surface area contributed by atoms with Gasteiger partial charge < -0.3 is 14.8 Å². The molecule has 0 aliphatic heterocycles. The zero-order valence-corrected chi connectivity index (χ0v) is 10.8. The Bertz CT molecular complexity index is 631. The highest BCUT2D eigenvalue weighted by Crippen LogP contribution is 2.23. The van der Waals surface area contributed by atoms with Crippen molar-refractivity contribution >= 4 is 40.8 Å². The van der Waals surface area contributed by atoms with Crippen molar-refractivity contribution in [2.24, 2.45) is 0 Å². The van der Waals surface area contributed by atoms with E-state index in [0.29, 0.717) is 15.7 Å². The third-order valence-corrected chi connectivity index (χ3v) is 2.66. The van der Waals surface area contributed by atoms with Crippen LogP contribution in [0.5, 0.6) is 0 Å². The number of amides is 1. The van der Waals surface area contributed by atoms with Crippen LogP contribution in [0, 0.1) is 0 Å². The molecule has 98 valence electrons. The summed E-state index contributed by atoms with van der Waals surface area (Å²) in [6.07, 6.45) is 1.13. The number of carbonyl (C=O) groups excluding carboxylic acids is 1. The Morgan fingerprint density at radius 3 is 2.37 bits per heavy atom. The lowest BCUT2D eigenvalue weighted by Crippen LogP contribution is -2.14. The molecule has 0 fully saturated rings. The van der Waals surface area contributed by atoms with Crippen molar-refractivity contribution in [3.8, 4) is 0 Å². The van der Waals surface area contributed by atoms with Crippen LogP contribution in [0.25, 0.3) is 0 Å². The summed E-state index contributed by atoms with van der Waals surface area (Å²) >= 11 is 11.6. The molecule has 0 saturated heterocycles. The molecule has 2 rings (SSSR count). The Morgan fingerprint density at radius 1 is 1.16 bits per heavy atom. The van der Waals surface area contributed by atoms with Crippen LogP contribution in [-0.4, -0.2) is 17.0 Å². The van der Waals surface area contributed by atoms with Gasteiger partial charge in [-0.3, -0.25) is 4.79 Å². The predicted octanol–water partition coefficient (Wildman–Crippen LogP) is 3.54. The Labute approximate surface area is 117 Å². The van der Waals surface area contributed by atoms with Gasteiger partial charge in [-0.15, -0.1) is 0 Å². The molecule has 0 atom stereocenters. The lowest BCUT2D eigenvalue weighted by atomic mass is 10.2. The van der Waals surface area contributed by atoms with Crippen LogP contribution in [0.1, 0.15) is 20.9 Å². The van der Waals surface area contributed by atoms with Crippen molar-refractivity contribution in [3.05, 3.63) is 51.9 Å². The van der Waals surface area contributed by atoms with Crippen LogP contribution in [0.15, 0.2) is 34.9 Å². The molecule has 2 N–H and O–H groups in total. The van der Waals surface area contributed by atoms with Gasteiger partial charge in [-0.05, 0) is 24.3 Å². The SMILES string of the molecule is O=C(O)c1ccoc1C(=O)Nc1cc(Cl)cc(Cl)c1. The van der Waals surface area contributed by atoms with E-state index >= 15 is 0 Å². The van der Waals surface area contributed by atoms with E-state index in [-0.39, 0.29) is 11.3 Å². The molecule has 1 aromatic carbocycles. The second-order valence-corrected chi connectivity index (χ2v) is 4.45. The van der Waals surface area contributed by atoms with Crippen molar-refractivity contribution < 1.29 is 19.1 Å². The minimum atomic E-state index is -1.25. The summed E-state index contributed by atoms with van der Waals surface area (Å²) in [6.45, 7) is 0. The molecule has 0 aliphatic rings. The number of carboxylic acids is 1. The first-order chi connectivity index (χ1) is 8.97. The number of halogens is 2. The van der Waals surface area contributed by atoms with Gasteiger partial charge >= 0.3 is 5.97 Å². The zero-order chi connectivity index (χ0) is 14.0. The molecule has 0 radical (unpaired) electrons. The van der Waals surface area contributed by atoms with Gasteiger partial charge in [0.1, 0.15) is 5.56 Å². The summed E-state index contributed by atoms with van der Waals surface area (Å²) in [6, 6.07) is 5.67. The van der Waals surface area contributed by atoms with Crippen molar-refractivity contribution in [2.45, 2.75) is 0 Å². The smallest absolute Gasteiger partial charge is 0.339 e. The third kappa shape index (κ3) is 3.07. The van der Waals surface area contributed by atoms with Gasteiger partial charge in [0.2, 0.25) is 5.76 Å². The van der Waals surface area contributed by atoms with E-state index in [9.17, 15) is 9.59 Å². The summed E-state index contributed by atoms with van der Waals surface area (Å²) in [4.78, 5) is 22.7. The number of anilines is 1. The fourth-order valence-electron chi connectivity index (χ4n) is 1.47. The van der Waals surface area contributed by atoms with Gasteiger partial charge in [0.25, 0.3) is 5.91 Å². The Kier molecular flexibility index (Phi) is 3.78. The molecular weight excluding hydrogens is 293 g/mol. The Hall–Kier alpha value is -1.98. The average Bonchev–Trinajstić information content (AvgIpc) is 2.75. The quantitative estimate of drug-likeness (QED) is 0.908. The van der Waals surface area contributed by atoms with E-state index < -0.39 is 11.9 Å². The lowest BCUT2D eigenvalue weighted by molar-refractivity contribution is 0.0690. The highest BCUT2D eigenvalue weighted by Gasteiger charge is 2.20. The first-order valence-corrected chi connectivity index (χ1v) is 5.81. The number of hydrogen-bond acceptors (Lipinski definition) is 3. The summed E-state index contributed by atoms with van der Waals surface area (Å²) in [5.74, 6) is -2.23. The van der Waals surface area contributed by atoms with Gasteiger partial charge in [0.15, 0.2) is 0 Å². The normalized spacial score (nSPS) is 10.2. The van der Waals surface area contributed by atoms with E-state index in [1.54, 1.807) is 0 Å². The van der Waals surface area contributed by atoms with Crippen LogP contribution in [0.2, 0.25) is 10.0 Å². The van der Waals surface area contributed by atoms with Crippen LogP contribution in [-0.2, 0) is 0 Å². The van der Waals surface area contributed by atoms with E-state index in [1.807, 2.05) is 0 Å². The molecule has 0 saturated carbocycles. The Morgan fingerprint density at radius 2 is 1.79 bits per heavy atom. The third-order valence-electron chi connectivity index (χ3n) is 2.22. The molecule has 1 amide bonds. The molecular formula is C12H7Cl2NO4. The molecule has 0 bridgehead atoms. The monoisotopic (exact) mass is 299 g/mol. The standard InChI is InChI=1S/C12H7Cl2NO4/c13-6-3-7(14)5-8(4-6)15-11(16)10-9(12(17)18)1-2-19-10/h1-5H,(H,15,16)(H,17,18). The first kappa shape index (κ1) is 13.5. The summed E-state index contributed by atoms with van der Waals surface area (Å²) in [5.41, 5.74) is 0.126. The molecule has 0 unspecified atom stereocenters. The van der Waals surface area contributed by atoms with Crippen LogP contribution in [0.4, 0.5) is 5.69 Å². The number of rotatable bonds is 3. The highest BCUT2D eigenvalue weighted by molar-refractivity contribution is 6.35. The van der Waals surface area contributed by atoms with Crippen molar-refractivity contribution in [1.82, 2.24) is 0 Å². The minimum absolute atomic E-state index is 0.217. The number of nitrogens with one attached hydrogen (secondary N) is 1. The topological polar surface area (TPSA) is 79.5 Å².